The summed E-state index contributed by atoms with van der Waals surface area (Å²) in [6.07, 6.45) is 2.34. The normalized spacial score (nSPS) is 19.5. The van der Waals surface area contributed by atoms with Gasteiger partial charge in [-0.3, -0.25) is 4.79 Å². The average molecular weight is 233 g/mol. The number of nitrogens with two attached hydrogens (primary N) is 1. The summed E-state index contributed by atoms with van der Waals surface area (Å²) < 4.78 is 0. The molecule has 17 heavy (non-hydrogen) atoms. The van der Waals surface area contributed by atoms with E-state index in [2.05, 4.69) is 0 Å². The van der Waals surface area contributed by atoms with Gasteiger partial charge < -0.3 is 10.8 Å². The van der Waals surface area contributed by atoms with Crippen LogP contribution in [0.3, 0.4) is 0 Å². The summed E-state index contributed by atoms with van der Waals surface area (Å²) in [5.41, 5.74) is 8.75. The molecular formula is C14H19NO2. The minimum atomic E-state index is -0.755. The van der Waals surface area contributed by atoms with Gasteiger partial charge in [0.2, 0.25) is 0 Å². The second kappa shape index (κ2) is 4.15. The molecular weight excluding hydrogens is 214 g/mol. The summed E-state index contributed by atoms with van der Waals surface area (Å²) in [6.45, 7) is 4.07. The van der Waals surface area contributed by atoms with Crippen LogP contribution in [0.25, 0.3) is 0 Å². The monoisotopic (exact) mass is 233 g/mol. The maximum Gasteiger partial charge on any atom is 0.311 e. The molecule has 3 heteroatoms. The number of carbonyl (C=O) groups is 1. The molecule has 1 atom stereocenters. The highest BCUT2D eigenvalue weighted by molar-refractivity contribution is 5.77. The first-order valence-corrected chi connectivity index (χ1v) is 6.03. The molecule has 0 bridgehead atoms. The molecule has 0 heterocycles. The highest BCUT2D eigenvalue weighted by Crippen LogP contribution is 2.49. The molecule has 0 aromatic heterocycles. The van der Waals surface area contributed by atoms with Gasteiger partial charge in [-0.15, -0.1) is 0 Å². The van der Waals surface area contributed by atoms with E-state index in [1.54, 1.807) is 0 Å². The Hall–Kier alpha value is -1.35. The molecule has 3 nitrogen and oxygen atoms in total. The number of carboxylic acid groups (broad SMARTS) is 1. The zero-order valence-corrected chi connectivity index (χ0v) is 10.4. The van der Waals surface area contributed by atoms with E-state index in [0.29, 0.717) is 12.8 Å². The van der Waals surface area contributed by atoms with Crippen LogP contribution < -0.4 is 5.73 Å². The van der Waals surface area contributed by atoms with E-state index in [-0.39, 0.29) is 0 Å². The van der Waals surface area contributed by atoms with Crippen molar-refractivity contribution in [2.75, 3.05) is 0 Å². The van der Waals surface area contributed by atoms with Crippen molar-refractivity contribution in [1.82, 2.24) is 0 Å². The number of rotatable bonds is 3. The summed E-state index contributed by atoms with van der Waals surface area (Å²) in [5.74, 6) is -0.755. The molecule has 0 radical (unpaired) electrons. The van der Waals surface area contributed by atoms with E-state index in [0.717, 1.165) is 17.5 Å². The van der Waals surface area contributed by atoms with Crippen LogP contribution in [-0.2, 0) is 4.79 Å². The minimum absolute atomic E-state index is 0.395. The standard InChI is InChI=1S/C14H19NO2/c1-9-4-5-11(8-10(9)2)12(15)14(13(16)17)6-3-7-14/h4-5,8,12H,3,6-7,15H2,1-2H3,(H,16,17). The van der Waals surface area contributed by atoms with Gasteiger partial charge in [0.15, 0.2) is 0 Å². The molecule has 0 aliphatic heterocycles. The number of hydrogen-bond donors (Lipinski definition) is 2. The molecule has 1 unspecified atom stereocenters. The maximum absolute atomic E-state index is 11.4. The Morgan fingerprint density at radius 3 is 2.41 bits per heavy atom. The van der Waals surface area contributed by atoms with Crippen LogP contribution >= 0.6 is 0 Å². The number of carboxylic acids is 1. The van der Waals surface area contributed by atoms with Gasteiger partial charge in [-0.2, -0.15) is 0 Å². The molecule has 2 rings (SSSR count). The highest BCUT2D eigenvalue weighted by atomic mass is 16.4. The van der Waals surface area contributed by atoms with E-state index in [4.69, 9.17) is 5.73 Å². The van der Waals surface area contributed by atoms with Crippen LogP contribution in [0.5, 0.6) is 0 Å². The lowest BCUT2D eigenvalue weighted by molar-refractivity contribution is -0.156. The van der Waals surface area contributed by atoms with Gasteiger partial charge in [0.05, 0.1) is 5.41 Å². The van der Waals surface area contributed by atoms with Gasteiger partial charge in [0.1, 0.15) is 0 Å². The van der Waals surface area contributed by atoms with Crippen molar-refractivity contribution in [2.45, 2.75) is 39.2 Å². The summed E-state index contributed by atoms with van der Waals surface area (Å²) in [6, 6.07) is 5.59. The second-order valence-corrected chi connectivity index (χ2v) is 5.14. The third-order valence-corrected chi connectivity index (χ3v) is 4.16. The van der Waals surface area contributed by atoms with E-state index in [1.807, 2.05) is 32.0 Å². The van der Waals surface area contributed by atoms with Crippen molar-refractivity contribution >= 4 is 5.97 Å². The van der Waals surface area contributed by atoms with Crippen LogP contribution in [0.1, 0.15) is 42.0 Å². The fraction of sp³-hybridized carbons (Fsp3) is 0.500. The predicted molar refractivity (Wildman–Crippen MR) is 66.8 cm³/mol. The van der Waals surface area contributed by atoms with Crippen LogP contribution in [0.4, 0.5) is 0 Å². The lowest BCUT2D eigenvalue weighted by Gasteiger charge is -2.42. The lowest BCUT2D eigenvalue weighted by Crippen LogP contribution is -2.46. The average Bonchev–Trinajstić information content (AvgIpc) is 2.19. The molecule has 1 aromatic carbocycles. The third-order valence-electron chi connectivity index (χ3n) is 4.16. The van der Waals surface area contributed by atoms with E-state index in [9.17, 15) is 9.90 Å². The molecule has 0 saturated heterocycles. The Balaban J connectivity index is 2.33. The summed E-state index contributed by atoms with van der Waals surface area (Å²) in [4.78, 5) is 11.4. The first-order chi connectivity index (χ1) is 7.97. The van der Waals surface area contributed by atoms with Crippen LogP contribution in [0, 0.1) is 19.3 Å². The molecule has 1 aromatic rings. The SMILES string of the molecule is Cc1ccc(C(N)C2(C(=O)O)CCC2)cc1C. The zero-order valence-electron chi connectivity index (χ0n) is 10.4. The topological polar surface area (TPSA) is 63.3 Å². The van der Waals surface area contributed by atoms with Crippen molar-refractivity contribution in [3.05, 3.63) is 34.9 Å². The fourth-order valence-electron chi connectivity index (χ4n) is 2.49. The van der Waals surface area contributed by atoms with Crippen LogP contribution in [0.2, 0.25) is 0 Å². The second-order valence-electron chi connectivity index (χ2n) is 5.14. The zero-order chi connectivity index (χ0) is 12.6. The molecule has 92 valence electrons. The molecule has 3 N–H and O–H groups in total. The van der Waals surface area contributed by atoms with E-state index in [1.165, 1.54) is 5.56 Å². The Labute approximate surface area is 102 Å². The largest absolute Gasteiger partial charge is 0.481 e. The highest BCUT2D eigenvalue weighted by Gasteiger charge is 2.49. The predicted octanol–water partition coefficient (Wildman–Crippen LogP) is 2.56. The third kappa shape index (κ3) is 1.84. The molecule has 0 spiro atoms. The fourth-order valence-corrected chi connectivity index (χ4v) is 2.49. The summed E-state index contributed by atoms with van der Waals surface area (Å²) in [7, 11) is 0. The lowest BCUT2D eigenvalue weighted by atomic mass is 9.62. The van der Waals surface area contributed by atoms with Gasteiger partial charge in [-0.1, -0.05) is 24.6 Å². The first-order valence-electron chi connectivity index (χ1n) is 6.03. The Morgan fingerprint density at radius 2 is 2.00 bits per heavy atom. The van der Waals surface area contributed by atoms with E-state index >= 15 is 0 Å². The van der Waals surface area contributed by atoms with Crippen LogP contribution in [0.15, 0.2) is 18.2 Å². The summed E-state index contributed by atoms with van der Waals surface area (Å²) in [5, 5.41) is 9.36. The van der Waals surface area contributed by atoms with Crippen molar-refractivity contribution < 1.29 is 9.90 Å². The van der Waals surface area contributed by atoms with Crippen molar-refractivity contribution in [2.24, 2.45) is 11.1 Å². The first kappa shape index (κ1) is 12.1. The number of hydrogen-bond acceptors (Lipinski definition) is 2. The van der Waals surface area contributed by atoms with Gasteiger partial charge in [0, 0.05) is 6.04 Å². The minimum Gasteiger partial charge on any atom is -0.481 e. The van der Waals surface area contributed by atoms with Crippen molar-refractivity contribution in [3.63, 3.8) is 0 Å². The van der Waals surface area contributed by atoms with Gasteiger partial charge in [-0.05, 0) is 43.4 Å². The number of aliphatic carboxylic acids is 1. The molecule has 1 aliphatic rings. The summed E-state index contributed by atoms with van der Waals surface area (Å²) >= 11 is 0. The Morgan fingerprint density at radius 1 is 1.35 bits per heavy atom. The van der Waals surface area contributed by atoms with Gasteiger partial charge >= 0.3 is 5.97 Å². The Bertz CT molecular complexity index is 450. The smallest absolute Gasteiger partial charge is 0.311 e. The number of aryl methyl sites for hydroxylation is 2. The van der Waals surface area contributed by atoms with Crippen LogP contribution in [-0.4, -0.2) is 11.1 Å². The molecule has 0 amide bonds. The number of benzene rings is 1. The van der Waals surface area contributed by atoms with E-state index < -0.39 is 17.4 Å². The van der Waals surface area contributed by atoms with Gasteiger partial charge in [-0.25, -0.2) is 0 Å². The molecule has 1 aliphatic carbocycles. The maximum atomic E-state index is 11.4. The Kier molecular flexibility index (Phi) is 2.96. The molecule has 1 saturated carbocycles. The van der Waals surface area contributed by atoms with Crippen molar-refractivity contribution in [1.29, 1.82) is 0 Å². The quantitative estimate of drug-likeness (QED) is 0.843. The molecule has 1 fully saturated rings. The van der Waals surface area contributed by atoms with Gasteiger partial charge in [0.25, 0.3) is 0 Å². The van der Waals surface area contributed by atoms with Crippen molar-refractivity contribution in [3.8, 4) is 0 Å².